The van der Waals surface area contributed by atoms with Crippen molar-refractivity contribution < 1.29 is 9.84 Å². The highest BCUT2D eigenvalue weighted by molar-refractivity contribution is 5.30. The molecule has 0 unspecified atom stereocenters. The quantitative estimate of drug-likeness (QED) is 0.804. The van der Waals surface area contributed by atoms with Crippen molar-refractivity contribution in [2.24, 2.45) is 7.05 Å². The van der Waals surface area contributed by atoms with Crippen molar-refractivity contribution >= 4 is 0 Å². The minimum atomic E-state index is -0.178. The molecule has 0 amide bonds. The fourth-order valence-electron chi connectivity index (χ4n) is 2.30. The highest BCUT2D eigenvalue weighted by atomic mass is 16.5. The first-order valence-electron chi connectivity index (χ1n) is 5.58. The minimum Gasteiger partial charge on any atom is -0.481 e. The Morgan fingerprint density at radius 3 is 2.88 bits per heavy atom. The molecule has 1 N–H and O–H groups in total. The highest BCUT2D eigenvalue weighted by Gasteiger charge is 2.23. The summed E-state index contributed by atoms with van der Waals surface area (Å²) in [6, 6.07) is 0. The van der Waals surface area contributed by atoms with E-state index < -0.39 is 0 Å². The Hall–Kier alpha value is -1.07. The summed E-state index contributed by atoms with van der Waals surface area (Å²) in [6.45, 7) is 4.49. The maximum absolute atomic E-state index is 9.48. The molecule has 2 rings (SSSR count). The van der Waals surface area contributed by atoms with Gasteiger partial charge in [0.1, 0.15) is 0 Å². The number of likely N-dealkylation sites (tertiary alicyclic amines) is 1. The molecule has 5 heteroatoms. The molecule has 1 atom stereocenters. The zero-order valence-electron chi connectivity index (χ0n) is 10.1. The average molecular weight is 225 g/mol. The summed E-state index contributed by atoms with van der Waals surface area (Å²) in [5, 5.41) is 13.8. The van der Waals surface area contributed by atoms with Crippen LogP contribution in [-0.4, -0.2) is 46.1 Å². The summed E-state index contributed by atoms with van der Waals surface area (Å²) in [4.78, 5) is 2.23. The SMILES string of the molecule is COc1c(CN2CC[C@@H](O)C2)c(C)nn1C. The van der Waals surface area contributed by atoms with Crippen LogP contribution in [0.3, 0.4) is 0 Å². The third-order valence-corrected chi connectivity index (χ3v) is 3.11. The molecule has 16 heavy (non-hydrogen) atoms. The summed E-state index contributed by atoms with van der Waals surface area (Å²) < 4.78 is 7.11. The lowest BCUT2D eigenvalue weighted by atomic mass is 10.2. The van der Waals surface area contributed by atoms with Gasteiger partial charge in [0.05, 0.1) is 24.5 Å². The molecule has 1 aromatic rings. The maximum atomic E-state index is 9.48. The number of methoxy groups -OCH3 is 1. The average Bonchev–Trinajstić information content (AvgIpc) is 2.73. The van der Waals surface area contributed by atoms with Gasteiger partial charge in [-0.2, -0.15) is 5.10 Å². The van der Waals surface area contributed by atoms with Gasteiger partial charge < -0.3 is 9.84 Å². The van der Waals surface area contributed by atoms with E-state index in [1.807, 2.05) is 14.0 Å². The number of hydrogen-bond acceptors (Lipinski definition) is 4. The number of β-amino-alcohol motifs (C(OH)–C–C–N with tert-alkyl or cyclic N) is 1. The topological polar surface area (TPSA) is 50.5 Å². The molecule has 0 saturated carbocycles. The molecule has 0 bridgehead atoms. The van der Waals surface area contributed by atoms with Crippen LogP contribution in [0.2, 0.25) is 0 Å². The molecule has 5 nitrogen and oxygen atoms in total. The second-order valence-electron chi connectivity index (χ2n) is 4.37. The number of aliphatic hydroxyl groups is 1. The Labute approximate surface area is 95.6 Å². The van der Waals surface area contributed by atoms with Crippen LogP contribution in [0.1, 0.15) is 17.7 Å². The van der Waals surface area contributed by atoms with Gasteiger partial charge in [0, 0.05) is 26.7 Å². The van der Waals surface area contributed by atoms with E-state index in [1.165, 1.54) is 0 Å². The molecule has 1 aliphatic rings. The molecule has 0 radical (unpaired) electrons. The van der Waals surface area contributed by atoms with E-state index in [9.17, 15) is 5.11 Å². The van der Waals surface area contributed by atoms with E-state index in [2.05, 4.69) is 10.00 Å². The van der Waals surface area contributed by atoms with Gasteiger partial charge in [0.15, 0.2) is 0 Å². The van der Waals surface area contributed by atoms with Gasteiger partial charge in [0.2, 0.25) is 5.88 Å². The van der Waals surface area contributed by atoms with E-state index in [0.29, 0.717) is 0 Å². The Morgan fingerprint density at radius 2 is 2.31 bits per heavy atom. The van der Waals surface area contributed by atoms with Gasteiger partial charge in [-0.05, 0) is 13.3 Å². The van der Waals surface area contributed by atoms with Crippen molar-refractivity contribution in [2.75, 3.05) is 20.2 Å². The molecular formula is C11H19N3O2. The van der Waals surface area contributed by atoms with Crippen LogP contribution < -0.4 is 4.74 Å². The van der Waals surface area contributed by atoms with E-state index in [4.69, 9.17) is 4.74 Å². The minimum absolute atomic E-state index is 0.178. The third-order valence-electron chi connectivity index (χ3n) is 3.11. The second kappa shape index (κ2) is 4.43. The first-order chi connectivity index (χ1) is 7.61. The lowest BCUT2D eigenvalue weighted by molar-refractivity contribution is 0.174. The molecule has 1 aromatic heterocycles. The van der Waals surface area contributed by atoms with Gasteiger partial charge in [-0.15, -0.1) is 0 Å². The van der Waals surface area contributed by atoms with Crippen LogP contribution in [0.4, 0.5) is 0 Å². The Balaban J connectivity index is 2.14. The van der Waals surface area contributed by atoms with Crippen LogP contribution in [0.15, 0.2) is 0 Å². The molecule has 90 valence electrons. The maximum Gasteiger partial charge on any atom is 0.216 e. The fraction of sp³-hybridized carbons (Fsp3) is 0.727. The number of nitrogens with zero attached hydrogens (tertiary/aromatic N) is 3. The Morgan fingerprint density at radius 1 is 1.56 bits per heavy atom. The zero-order chi connectivity index (χ0) is 11.7. The predicted molar refractivity (Wildman–Crippen MR) is 60.4 cm³/mol. The van der Waals surface area contributed by atoms with Gasteiger partial charge in [-0.1, -0.05) is 0 Å². The number of aryl methyl sites for hydroxylation is 2. The van der Waals surface area contributed by atoms with Crippen LogP contribution in [0, 0.1) is 6.92 Å². The van der Waals surface area contributed by atoms with E-state index in [-0.39, 0.29) is 6.10 Å². The molecule has 1 aliphatic heterocycles. The monoisotopic (exact) mass is 225 g/mol. The third kappa shape index (κ3) is 2.05. The van der Waals surface area contributed by atoms with Crippen LogP contribution in [0.25, 0.3) is 0 Å². The molecule has 2 heterocycles. The van der Waals surface area contributed by atoms with E-state index in [1.54, 1.807) is 11.8 Å². The van der Waals surface area contributed by atoms with Crippen molar-refractivity contribution in [3.8, 4) is 5.88 Å². The lowest BCUT2D eigenvalue weighted by Crippen LogP contribution is -2.22. The summed E-state index contributed by atoms with van der Waals surface area (Å²) in [5.41, 5.74) is 2.12. The Bertz CT molecular complexity index is 376. The first kappa shape index (κ1) is 11.4. The van der Waals surface area contributed by atoms with E-state index >= 15 is 0 Å². The number of rotatable bonds is 3. The van der Waals surface area contributed by atoms with Crippen molar-refractivity contribution in [1.29, 1.82) is 0 Å². The smallest absolute Gasteiger partial charge is 0.216 e. The summed E-state index contributed by atoms with van der Waals surface area (Å²) in [6.07, 6.45) is 0.685. The zero-order valence-corrected chi connectivity index (χ0v) is 10.1. The lowest BCUT2D eigenvalue weighted by Gasteiger charge is -2.15. The van der Waals surface area contributed by atoms with Gasteiger partial charge in [0.25, 0.3) is 0 Å². The number of ether oxygens (including phenoxy) is 1. The largest absolute Gasteiger partial charge is 0.481 e. The number of hydrogen-bond donors (Lipinski definition) is 1. The van der Waals surface area contributed by atoms with Crippen molar-refractivity contribution in [1.82, 2.24) is 14.7 Å². The summed E-state index contributed by atoms with van der Waals surface area (Å²) in [5.74, 6) is 0.818. The number of aromatic nitrogens is 2. The van der Waals surface area contributed by atoms with Crippen LogP contribution >= 0.6 is 0 Å². The van der Waals surface area contributed by atoms with Gasteiger partial charge in [-0.3, -0.25) is 4.90 Å². The molecule has 0 aliphatic carbocycles. The molecule has 1 fully saturated rings. The molecule has 0 aromatic carbocycles. The standard InChI is InChI=1S/C11H19N3O2/c1-8-10(11(16-3)13(2)12-8)7-14-5-4-9(15)6-14/h9,15H,4-7H2,1-3H3/t9-/m1/s1. The van der Waals surface area contributed by atoms with Gasteiger partial charge in [-0.25, -0.2) is 4.68 Å². The normalized spacial score (nSPS) is 21.6. The highest BCUT2D eigenvalue weighted by Crippen LogP contribution is 2.24. The second-order valence-corrected chi connectivity index (χ2v) is 4.37. The van der Waals surface area contributed by atoms with E-state index in [0.717, 1.165) is 43.2 Å². The molecule has 1 saturated heterocycles. The molecule has 0 spiro atoms. The van der Waals surface area contributed by atoms with Crippen LogP contribution in [0.5, 0.6) is 5.88 Å². The predicted octanol–water partition coefficient (Wildman–Crippen LogP) is 0.304. The fourth-order valence-corrected chi connectivity index (χ4v) is 2.30. The Kier molecular flexibility index (Phi) is 3.16. The summed E-state index contributed by atoms with van der Waals surface area (Å²) >= 11 is 0. The summed E-state index contributed by atoms with van der Waals surface area (Å²) in [7, 11) is 3.55. The first-order valence-corrected chi connectivity index (χ1v) is 5.58. The van der Waals surface area contributed by atoms with Crippen molar-refractivity contribution in [2.45, 2.75) is 26.0 Å². The number of aliphatic hydroxyl groups excluding tert-OH is 1. The van der Waals surface area contributed by atoms with Gasteiger partial charge >= 0.3 is 0 Å². The van der Waals surface area contributed by atoms with Crippen molar-refractivity contribution in [3.63, 3.8) is 0 Å². The molecular weight excluding hydrogens is 206 g/mol. The van der Waals surface area contributed by atoms with Crippen LogP contribution in [-0.2, 0) is 13.6 Å². The van der Waals surface area contributed by atoms with Crippen molar-refractivity contribution in [3.05, 3.63) is 11.3 Å².